The zero-order valence-electron chi connectivity index (χ0n) is 16.1. The van der Waals surface area contributed by atoms with Crippen LogP contribution in [-0.2, 0) is 0 Å². The highest BCUT2D eigenvalue weighted by atomic mass is 16.1. The Morgan fingerprint density at radius 3 is 2.17 bits per heavy atom. The number of nitrogens with one attached hydrogen (secondary N) is 2. The molecular formula is C22H20N6O. The molecule has 0 bridgehead atoms. The van der Waals surface area contributed by atoms with Crippen molar-refractivity contribution in [3.63, 3.8) is 0 Å². The second kappa shape index (κ2) is 7.93. The largest absolute Gasteiger partial charge is 0.339 e. The highest BCUT2D eigenvalue weighted by Gasteiger charge is 2.06. The van der Waals surface area contributed by atoms with Crippen molar-refractivity contribution >= 4 is 23.1 Å². The molecule has 0 aliphatic rings. The minimum atomic E-state index is -0.138. The van der Waals surface area contributed by atoms with Crippen LogP contribution in [0.2, 0.25) is 0 Å². The van der Waals surface area contributed by atoms with E-state index in [0.29, 0.717) is 17.2 Å². The van der Waals surface area contributed by atoms with Gasteiger partial charge in [-0.1, -0.05) is 17.7 Å². The minimum absolute atomic E-state index is 0.138. The average Bonchev–Trinajstić information content (AvgIpc) is 3.17. The van der Waals surface area contributed by atoms with E-state index < -0.39 is 0 Å². The zero-order chi connectivity index (χ0) is 20.2. The number of carbonyl (C=O) groups is 1. The molecule has 0 atom stereocenters. The number of rotatable bonds is 5. The second-order valence-corrected chi connectivity index (χ2v) is 6.70. The summed E-state index contributed by atoms with van der Waals surface area (Å²) < 4.78 is 1.68. The highest BCUT2D eigenvalue weighted by Crippen LogP contribution is 2.18. The summed E-state index contributed by atoms with van der Waals surface area (Å²) in [6.07, 6.45) is 1.84. The molecule has 2 heterocycles. The summed E-state index contributed by atoms with van der Waals surface area (Å²) >= 11 is 0. The van der Waals surface area contributed by atoms with Gasteiger partial charge < -0.3 is 10.6 Å². The van der Waals surface area contributed by atoms with Crippen molar-refractivity contribution in [3.05, 3.63) is 89.7 Å². The van der Waals surface area contributed by atoms with E-state index in [1.165, 1.54) is 0 Å². The molecule has 7 heteroatoms. The molecule has 29 heavy (non-hydrogen) atoms. The topological polar surface area (TPSA) is 84.7 Å². The van der Waals surface area contributed by atoms with Crippen molar-refractivity contribution in [2.75, 3.05) is 10.6 Å². The fraction of sp³-hybridized carbons (Fsp3) is 0.0909. The Bertz CT molecular complexity index is 1120. The number of benzene rings is 2. The van der Waals surface area contributed by atoms with E-state index in [2.05, 4.69) is 25.9 Å². The number of anilines is 3. The molecule has 0 saturated carbocycles. The van der Waals surface area contributed by atoms with Crippen LogP contribution in [0.4, 0.5) is 17.2 Å². The predicted octanol–water partition coefficient (Wildman–Crippen LogP) is 4.28. The van der Waals surface area contributed by atoms with Gasteiger partial charge in [-0.05, 0) is 68.4 Å². The van der Waals surface area contributed by atoms with Crippen LogP contribution in [0.3, 0.4) is 0 Å². The van der Waals surface area contributed by atoms with Gasteiger partial charge in [-0.15, -0.1) is 10.2 Å². The van der Waals surface area contributed by atoms with Gasteiger partial charge >= 0.3 is 0 Å². The molecule has 2 aromatic carbocycles. The predicted molar refractivity (Wildman–Crippen MR) is 113 cm³/mol. The Kier molecular flexibility index (Phi) is 5.03. The molecule has 0 spiro atoms. The first-order valence-electron chi connectivity index (χ1n) is 9.18. The van der Waals surface area contributed by atoms with Gasteiger partial charge in [-0.3, -0.25) is 4.79 Å². The zero-order valence-corrected chi connectivity index (χ0v) is 16.1. The number of amides is 1. The van der Waals surface area contributed by atoms with Crippen molar-refractivity contribution in [1.82, 2.24) is 20.0 Å². The Labute approximate surface area is 168 Å². The smallest absolute Gasteiger partial charge is 0.255 e. The van der Waals surface area contributed by atoms with Crippen LogP contribution in [0.25, 0.3) is 5.82 Å². The molecule has 0 fully saturated rings. The average molecular weight is 384 g/mol. The highest BCUT2D eigenvalue weighted by molar-refractivity contribution is 6.04. The summed E-state index contributed by atoms with van der Waals surface area (Å²) in [6, 6.07) is 20.5. The van der Waals surface area contributed by atoms with Crippen LogP contribution in [0.5, 0.6) is 0 Å². The molecule has 7 nitrogen and oxygen atoms in total. The lowest BCUT2D eigenvalue weighted by Gasteiger charge is -2.08. The molecule has 144 valence electrons. The fourth-order valence-electron chi connectivity index (χ4n) is 2.75. The Hall–Kier alpha value is -4.00. The molecule has 0 unspecified atom stereocenters. The molecule has 2 N–H and O–H groups in total. The van der Waals surface area contributed by atoms with Crippen LogP contribution in [0.15, 0.2) is 72.9 Å². The van der Waals surface area contributed by atoms with Crippen LogP contribution < -0.4 is 10.6 Å². The number of hydrogen-bond donors (Lipinski definition) is 2. The number of aryl methyl sites for hydroxylation is 2. The van der Waals surface area contributed by atoms with E-state index in [0.717, 1.165) is 22.6 Å². The summed E-state index contributed by atoms with van der Waals surface area (Å²) in [6.45, 7) is 3.91. The lowest BCUT2D eigenvalue weighted by Crippen LogP contribution is -2.11. The second-order valence-electron chi connectivity index (χ2n) is 6.70. The van der Waals surface area contributed by atoms with E-state index in [1.54, 1.807) is 4.68 Å². The lowest BCUT2D eigenvalue weighted by molar-refractivity contribution is 0.102. The van der Waals surface area contributed by atoms with Gasteiger partial charge in [0.15, 0.2) is 11.6 Å². The summed E-state index contributed by atoms with van der Waals surface area (Å²) in [5.74, 6) is 1.13. The normalized spacial score (nSPS) is 10.6. The number of nitrogens with zero attached hydrogens (tertiary/aromatic N) is 4. The van der Waals surface area contributed by atoms with Crippen molar-refractivity contribution in [1.29, 1.82) is 0 Å². The van der Waals surface area contributed by atoms with Crippen molar-refractivity contribution in [2.45, 2.75) is 13.8 Å². The molecule has 0 aliphatic heterocycles. The van der Waals surface area contributed by atoms with Gasteiger partial charge in [-0.2, -0.15) is 5.10 Å². The molecule has 4 rings (SSSR count). The summed E-state index contributed by atoms with van der Waals surface area (Å²) in [4.78, 5) is 12.3. The van der Waals surface area contributed by atoms with E-state index in [4.69, 9.17) is 0 Å². The van der Waals surface area contributed by atoms with Crippen LogP contribution in [-0.4, -0.2) is 25.9 Å². The maximum Gasteiger partial charge on any atom is 0.255 e. The Balaban J connectivity index is 1.39. The fourth-order valence-corrected chi connectivity index (χ4v) is 2.75. The molecular weight excluding hydrogens is 364 g/mol. The van der Waals surface area contributed by atoms with E-state index in [1.807, 2.05) is 86.8 Å². The standard InChI is InChI=1S/C22H20N6O/c1-15-3-5-17(6-4-15)22(29)24-19-9-7-18(8-10-19)23-20-11-12-21(26-25-20)28-14-13-16(2)27-28/h3-14H,1-2H3,(H,23,25)(H,24,29). The third kappa shape index (κ3) is 4.47. The molecule has 0 radical (unpaired) electrons. The van der Waals surface area contributed by atoms with Gasteiger partial charge in [-0.25, -0.2) is 4.68 Å². The Morgan fingerprint density at radius 2 is 1.55 bits per heavy atom. The number of hydrogen-bond acceptors (Lipinski definition) is 5. The van der Waals surface area contributed by atoms with Gasteiger partial charge in [0, 0.05) is 23.1 Å². The van der Waals surface area contributed by atoms with Crippen LogP contribution in [0, 0.1) is 13.8 Å². The van der Waals surface area contributed by atoms with E-state index >= 15 is 0 Å². The Morgan fingerprint density at radius 1 is 0.828 bits per heavy atom. The van der Waals surface area contributed by atoms with Gasteiger partial charge in [0.25, 0.3) is 5.91 Å². The van der Waals surface area contributed by atoms with E-state index in [-0.39, 0.29) is 5.91 Å². The molecule has 2 aromatic heterocycles. The van der Waals surface area contributed by atoms with Crippen LogP contribution in [0.1, 0.15) is 21.6 Å². The monoisotopic (exact) mass is 384 g/mol. The first kappa shape index (κ1) is 18.4. The van der Waals surface area contributed by atoms with Gasteiger partial charge in [0.2, 0.25) is 0 Å². The quantitative estimate of drug-likeness (QED) is 0.537. The summed E-state index contributed by atoms with van der Waals surface area (Å²) in [5.41, 5.74) is 4.23. The number of aromatic nitrogens is 4. The first-order valence-corrected chi connectivity index (χ1v) is 9.18. The summed E-state index contributed by atoms with van der Waals surface area (Å²) in [5, 5.41) is 18.8. The molecule has 4 aromatic rings. The van der Waals surface area contributed by atoms with Crippen molar-refractivity contribution < 1.29 is 4.79 Å². The molecule has 0 saturated heterocycles. The van der Waals surface area contributed by atoms with Gasteiger partial charge in [0.1, 0.15) is 0 Å². The third-order valence-corrected chi connectivity index (χ3v) is 4.34. The van der Waals surface area contributed by atoms with Crippen molar-refractivity contribution in [3.8, 4) is 5.82 Å². The van der Waals surface area contributed by atoms with Gasteiger partial charge in [0.05, 0.1) is 5.69 Å². The van der Waals surface area contributed by atoms with Crippen molar-refractivity contribution in [2.24, 2.45) is 0 Å². The van der Waals surface area contributed by atoms with Crippen LogP contribution >= 0.6 is 0 Å². The molecule has 1 amide bonds. The minimum Gasteiger partial charge on any atom is -0.339 e. The first-order chi connectivity index (χ1) is 14.1. The lowest BCUT2D eigenvalue weighted by atomic mass is 10.1. The maximum absolute atomic E-state index is 12.3. The maximum atomic E-state index is 12.3. The number of carbonyl (C=O) groups excluding carboxylic acids is 1. The third-order valence-electron chi connectivity index (χ3n) is 4.34. The SMILES string of the molecule is Cc1ccc(C(=O)Nc2ccc(Nc3ccc(-n4ccc(C)n4)nn3)cc2)cc1. The van der Waals surface area contributed by atoms with E-state index in [9.17, 15) is 4.79 Å². The molecule has 0 aliphatic carbocycles. The summed E-state index contributed by atoms with van der Waals surface area (Å²) in [7, 11) is 0.